The lowest BCUT2D eigenvalue weighted by molar-refractivity contribution is -0.116. The fourth-order valence-electron chi connectivity index (χ4n) is 3.87. The highest BCUT2D eigenvalue weighted by molar-refractivity contribution is 8.13. The molecule has 0 saturated carbocycles. The number of hydrogen-bond acceptors (Lipinski definition) is 6. The average Bonchev–Trinajstić information content (AvgIpc) is 2.80. The van der Waals surface area contributed by atoms with E-state index >= 15 is 0 Å². The van der Waals surface area contributed by atoms with Crippen molar-refractivity contribution in [2.75, 3.05) is 23.7 Å². The Hall–Kier alpha value is -2.80. The van der Waals surface area contributed by atoms with Crippen molar-refractivity contribution in [3.8, 4) is 0 Å². The van der Waals surface area contributed by atoms with E-state index in [0.717, 1.165) is 47.8 Å². The minimum absolute atomic E-state index is 0.124. The third kappa shape index (κ3) is 4.32. The van der Waals surface area contributed by atoms with Crippen LogP contribution in [0.5, 0.6) is 0 Å². The second-order valence-electron chi connectivity index (χ2n) is 7.54. The molecule has 2 heterocycles. The largest absolute Gasteiger partial charge is 0.372 e. The summed E-state index contributed by atoms with van der Waals surface area (Å²) in [6, 6.07) is 16.2. The quantitative estimate of drug-likeness (QED) is 0.679. The molecule has 0 saturated heterocycles. The van der Waals surface area contributed by atoms with E-state index in [4.69, 9.17) is 10.1 Å². The van der Waals surface area contributed by atoms with Crippen LogP contribution in [-0.2, 0) is 4.79 Å². The second-order valence-corrected chi connectivity index (χ2v) is 8.62. The van der Waals surface area contributed by atoms with Gasteiger partial charge in [-0.1, -0.05) is 55.4 Å². The van der Waals surface area contributed by atoms with Crippen molar-refractivity contribution in [1.82, 2.24) is 10.3 Å². The zero-order valence-corrected chi connectivity index (χ0v) is 19.2. The Morgan fingerprint density at radius 2 is 1.81 bits per heavy atom. The van der Waals surface area contributed by atoms with Crippen molar-refractivity contribution >= 4 is 34.2 Å². The van der Waals surface area contributed by atoms with Gasteiger partial charge in [0, 0.05) is 29.7 Å². The van der Waals surface area contributed by atoms with Gasteiger partial charge in [0.25, 0.3) is 5.91 Å². The van der Waals surface area contributed by atoms with Crippen LogP contribution in [0.1, 0.15) is 45.3 Å². The third-order valence-corrected chi connectivity index (χ3v) is 6.52. The number of nitrogens with one attached hydrogen (secondary N) is 1. The van der Waals surface area contributed by atoms with Crippen LogP contribution in [0.25, 0.3) is 5.70 Å². The molecule has 0 fully saturated rings. The fraction of sp³-hybridized carbons (Fsp3) is 0.375. The standard InChI is InChI=1S/C24H29N5OS/c1-4-7-16-31-24-26-23(30)21-19-10-8-9-11-20(19)25-22(29(21)27-24)17-12-14-18(15-13-17)28(5-2)6-3/h8-15,22H,4-7,16H2,1-3H3,(H,26,27,30). The maximum Gasteiger partial charge on any atom is 0.276 e. The molecule has 4 rings (SSSR count). The number of benzene rings is 2. The molecule has 7 heteroatoms. The van der Waals surface area contributed by atoms with Gasteiger partial charge in [-0.3, -0.25) is 15.1 Å². The molecule has 1 amide bonds. The first kappa shape index (κ1) is 21.4. The molecule has 2 aliphatic rings. The van der Waals surface area contributed by atoms with Gasteiger partial charge in [0.05, 0.1) is 5.36 Å². The number of unbranched alkanes of at least 4 members (excludes halogenated alkanes) is 1. The summed E-state index contributed by atoms with van der Waals surface area (Å²) in [4.78, 5) is 20.4. The summed E-state index contributed by atoms with van der Waals surface area (Å²) in [5, 5.41) is 11.9. The number of nitrogens with zero attached hydrogens (tertiary/aromatic N) is 4. The van der Waals surface area contributed by atoms with E-state index in [0.29, 0.717) is 10.9 Å². The molecule has 2 aromatic rings. The van der Waals surface area contributed by atoms with E-state index in [1.165, 1.54) is 5.69 Å². The smallest absolute Gasteiger partial charge is 0.276 e. The van der Waals surface area contributed by atoms with Gasteiger partial charge >= 0.3 is 0 Å². The summed E-state index contributed by atoms with van der Waals surface area (Å²) in [5.74, 6) is 0.802. The molecular formula is C24H29N5OS. The van der Waals surface area contributed by atoms with Gasteiger partial charge in [0.1, 0.15) is 5.70 Å². The molecule has 0 aliphatic carbocycles. The van der Waals surface area contributed by atoms with Gasteiger partial charge in [-0.25, -0.2) is 5.01 Å². The van der Waals surface area contributed by atoms with Crippen LogP contribution in [-0.4, -0.2) is 34.9 Å². The van der Waals surface area contributed by atoms with Gasteiger partial charge in [-0.15, -0.1) is 5.10 Å². The zero-order valence-electron chi connectivity index (χ0n) is 18.3. The van der Waals surface area contributed by atoms with Crippen molar-refractivity contribution in [3.63, 3.8) is 0 Å². The summed E-state index contributed by atoms with van der Waals surface area (Å²) >= 11 is 1.59. The van der Waals surface area contributed by atoms with E-state index in [2.05, 4.69) is 55.3 Å². The Bertz CT molecular complexity index is 1090. The van der Waals surface area contributed by atoms with E-state index in [1.807, 2.05) is 24.3 Å². The van der Waals surface area contributed by atoms with Crippen LogP contribution in [0, 0.1) is 0 Å². The zero-order chi connectivity index (χ0) is 21.8. The first-order valence-electron chi connectivity index (χ1n) is 11.0. The number of fused-ring (bicyclic) bond motifs is 2. The monoisotopic (exact) mass is 435 g/mol. The predicted octanol–water partition coefficient (Wildman–Crippen LogP) is 3.21. The number of para-hydroxylation sites is 1. The lowest BCUT2D eigenvalue weighted by Gasteiger charge is -2.34. The Morgan fingerprint density at radius 1 is 1.06 bits per heavy atom. The van der Waals surface area contributed by atoms with Gasteiger partial charge in [0.2, 0.25) is 0 Å². The van der Waals surface area contributed by atoms with Gasteiger partial charge in [-0.05, 0) is 44.0 Å². The maximum atomic E-state index is 13.1. The van der Waals surface area contributed by atoms with Crippen molar-refractivity contribution in [2.24, 2.45) is 10.1 Å². The number of thioether (sulfide) groups is 1. The number of hydrogen-bond donors (Lipinski definition) is 1. The molecular weight excluding hydrogens is 406 g/mol. The Morgan fingerprint density at radius 3 is 2.52 bits per heavy atom. The van der Waals surface area contributed by atoms with Crippen LogP contribution in [0.2, 0.25) is 0 Å². The Kier molecular flexibility index (Phi) is 6.61. The first-order chi connectivity index (χ1) is 15.2. The number of amides is 1. The number of rotatable bonds is 7. The SMILES string of the molecule is CCCCSC1=NN2C(=c3ccccc3=NC2c2ccc(N(CC)CC)cc2)C(=O)N1. The molecule has 1 unspecified atom stereocenters. The highest BCUT2D eigenvalue weighted by Gasteiger charge is 2.34. The van der Waals surface area contributed by atoms with E-state index < -0.39 is 0 Å². The van der Waals surface area contributed by atoms with Crippen LogP contribution in [0.3, 0.4) is 0 Å². The summed E-state index contributed by atoms with van der Waals surface area (Å²) in [6.07, 6.45) is 1.82. The molecule has 1 atom stereocenters. The molecule has 1 N–H and O–H groups in total. The maximum absolute atomic E-state index is 13.1. The number of carbonyl (C=O) groups is 1. The van der Waals surface area contributed by atoms with Crippen molar-refractivity contribution < 1.29 is 4.79 Å². The lowest BCUT2D eigenvalue weighted by atomic mass is 10.1. The normalized spacial score (nSPS) is 17.3. The lowest BCUT2D eigenvalue weighted by Crippen LogP contribution is -2.50. The molecule has 31 heavy (non-hydrogen) atoms. The Balaban J connectivity index is 1.76. The topological polar surface area (TPSA) is 60.3 Å². The molecule has 2 aliphatic heterocycles. The molecule has 0 radical (unpaired) electrons. The number of carbonyl (C=O) groups excluding carboxylic acids is 1. The summed E-state index contributed by atoms with van der Waals surface area (Å²) in [7, 11) is 0. The number of hydrazone groups is 1. The average molecular weight is 436 g/mol. The number of anilines is 1. The fourth-order valence-corrected chi connectivity index (χ4v) is 4.81. The molecule has 2 aromatic carbocycles. The van der Waals surface area contributed by atoms with E-state index in [9.17, 15) is 4.79 Å². The predicted molar refractivity (Wildman–Crippen MR) is 128 cm³/mol. The van der Waals surface area contributed by atoms with E-state index in [1.54, 1.807) is 16.8 Å². The summed E-state index contributed by atoms with van der Waals surface area (Å²) in [5.41, 5.74) is 2.76. The number of amidine groups is 1. The van der Waals surface area contributed by atoms with Crippen molar-refractivity contribution in [3.05, 3.63) is 64.7 Å². The van der Waals surface area contributed by atoms with Gasteiger partial charge in [0.15, 0.2) is 11.3 Å². The first-order valence-corrected chi connectivity index (χ1v) is 12.0. The summed E-state index contributed by atoms with van der Waals surface area (Å²) < 4.78 is 0. The summed E-state index contributed by atoms with van der Waals surface area (Å²) in [6.45, 7) is 8.40. The van der Waals surface area contributed by atoms with Crippen LogP contribution < -0.4 is 20.8 Å². The van der Waals surface area contributed by atoms with Crippen LogP contribution >= 0.6 is 11.8 Å². The van der Waals surface area contributed by atoms with Crippen LogP contribution in [0.4, 0.5) is 5.69 Å². The van der Waals surface area contributed by atoms with Crippen LogP contribution in [0.15, 0.2) is 58.6 Å². The second kappa shape index (κ2) is 9.56. The van der Waals surface area contributed by atoms with E-state index in [-0.39, 0.29) is 12.1 Å². The molecule has 0 aromatic heterocycles. The minimum atomic E-state index is -0.372. The van der Waals surface area contributed by atoms with Crippen molar-refractivity contribution in [2.45, 2.75) is 39.8 Å². The van der Waals surface area contributed by atoms with Crippen molar-refractivity contribution in [1.29, 1.82) is 0 Å². The highest BCUT2D eigenvalue weighted by Crippen LogP contribution is 2.31. The van der Waals surface area contributed by atoms with Gasteiger partial charge < -0.3 is 4.90 Å². The molecule has 162 valence electrons. The minimum Gasteiger partial charge on any atom is -0.372 e. The Labute approximate surface area is 187 Å². The molecule has 0 spiro atoms. The molecule has 6 nitrogen and oxygen atoms in total. The molecule has 0 bridgehead atoms. The third-order valence-electron chi connectivity index (χ3n) is 5.57. The van der Waals surface area contributed by atoms with Gasteiger partial charge in [-0.2, -0.15) is 0 Å². The highest BCUT2D eigenvalue weighted by atomic mass is 32.2.